The van der Waals surface area contributed by atoms with Crippen molar-refractivity contribution in [3.63, 3.8) is 0 Å². The first-order valence-electron chi connectivity index (χ1n) is 5.85. The number of hydrogen-bond acceptors (Lipinski definition) is 2. The van der Waals surface area contributed by atoms with Gasteiger partial charge in [-0.05, 0) is 19.3 Å². The van der Waals surface area contributed by atoms with Gasteiger partial charge in [-0.15, -0.1) is 0 Å². The van der Waals surface area contributed by atoms with Crippen molar-refractivity contribution in [3.05, 3.63) is 0 Å². The molecule has 0 heterocycles. The van der Waals surface area contributed by atoms with Crippen molar-refractivity contribution in [2.24, 2.45) is 5.92 Å². The second kappa shape index (κ2) is 5.36. The van der Waals surface area contributed by atoms with E-state index in [1.165, 1.54) is 12.8 Å². The lowest BCUT2D eigenvalue weighted by atomic mass is 9.80. The molecule has 80 valence electrons. The van der Waals surface area contributed by atoms with Crippen LogP contribution in [0, 0.1) is 17.2 Å². The van der Waals surface area contributed by atoms with Gasteiger partial charge in [-0.3, -0.25) is 0 Å². The van der Waals surface area contributed by atoms with Gasteiger partial charge >= 0.3 is 0 Å². The van der Waals surface area contributed by atoms with Gasteiger partial charge in [-0.2, -0.15) is 5.26 Å². The van der Waals surface area contributed by atoms with Crippen molar-refractivity contribution in [3.8, 4) is 6.07 Å². The van der Waals surface area contributed by atoms with Crippen molar-refractivity contribution in [1.29, 1.82) is 5.26 Å². The number of rotatable bonds is 3. The zero-order chi connectivity index (χ0) is 10.4. The van der Waals surface area contributed by atoms with Crippen LogP contribution in [0.1, 0.15) is 58.3 Å². The van der Waals surface area contributed by atoms with Crippen molar-refractivity contribution < 1.29 is 5.11 Å². The van der Waals surface area contributed by atoms with Gasteiger partial charge in [0.2, 0.25) is 0 Å². The van der Waals surface area contributed by atoms with E-state index >= 15 is 0 Å². The van der Waals surface area contributed by atoms with E-state index in [2.05, 4.69) is 13.0 Å². The first-order valence-corrected chi connectivity index (χ1v) is 5.85. The van der Waals surface area contributed by atoms with Gasteiger partial charge in [-0.1, -0.05) is 39.0 Å². The summed E-state index contributed by atoms with van der Waals surface area (Å²) < 4.78 is 0. The summed E-state index contributed by atoms with van der Waals surface area (Å²) >= 11 is 0. The second-order valence-electron chi connectivity index (χ2n) is 4.49. The Morgan fingerprint density at radius 3 is 2.29 bits per heavy atom. The van der Waals surface area contributed by atoms with E-state index in [9.17, 15) is 5.11 Å². The highest BCUT2D eigenvalue weighted by molar-refractivity contribution is 4.99. The minimum atomic E-state index is -0.679. The molecule has 2 nitrogen and oxygen atoms in total. The standard InChI is InChI=1S/C12H21NO/c1-2-7-11(10-13)12(14)8-5-3-4-6-9-12/h11,14H,2-9H2,1H3. The van der Waals surface area contributed by atoms with Gasteiger partial charge in [0.05, 0.1) is 17.6 Å². The van der Waals surface area contributed by atoms with Gasteiger partial charge in [0, 0.05) is 0 Å². The molecular formula is C12H21NO. The Kier molecular flexibility index (Phi) is 4.41. The molecule has 2 heteroatoms. The lowest BCUT2D eigenvalue weighted by Gasteiger charge is -2.31. The molecule has 0 aromatic heterocycles. The topological polar surface area (TPSA) is 44.0 Å². The van der Waals surface area contributed by atoms with Crippen molar-refractivity contribution in [2.75, 3.05) is 0 Å². The lowest BCUT2D eigenvalue weighted by molar-refractivity contribution is -0.0149. The molecule has 0 amide bonds. The summed E-state index contributed by atoms with van der Waals surface area (Å²) in [6.45, 7) is 2.07. The van der Waals surface area contributed by atoms with Crippen LogP contribution in [-0.2, 0) is 0 Å². The van der Waals surface area contributed by atoms with Crippen molar-refractivity contribution in [1.82, 2.24) is 0 Å². The van der Waals surface area contributed by atoms with Crippen LogP contribution in [0.25, 0.3) is 0 Å². The molecule has 0 radical (unpaired) electrons. The molecule has 0 spiro atoms. The van der Waals surface area contributed by atoms with E-state index in [1.807, 2.05) is 0 Å². The Balaban J connectivity index is 2.63. The van der Waals surface area contributed by atoms with Crippen LogP contribution in [0.2, 0.25) is 0 Å². The van der Waals surface area contributed by atoms with Gasteiger partial charge in [0.15, 0.2) is 0 Å². The van der Waals surface area contributed by atoms with E-state index in [1.54, 1.807) is 0 Å². The molecule has 1 atom stereocenters. The predicted molar refractivity (Wildman–Crippen MR) is 56.7 cm³/mol. The largest absolute Gasteiger partial charge is 0.389 e. The molecule has 1 aliphatic rings. The lowest BCUT2D eigenvalue weighted by Crippen LogP contribution is -2.36. The molecular weight excluding hydrogens is 174 g/mol. The number of nitrogens with zero attached hydrogens (tertiary/aromatic N) is 1. The van der Waals surface area contributed by atoms with Gasteiger partial charge in [0.1, 0.15) is 0 Å². The zero-order valence-electron chi connectivity index (χ0n) is 9.13. The number of aliphatic hydroxyl groups is 1. The number of nitriles is 1. The molecule has 1 unspecified atom stereocenters. The molecule has 1 fully saturated rings. The van der Waals surface area contributed by atoms with Crippen molar-refractivity contribution >= 4 is 0 Å². The summed E-state index contributed by atoms with van der Waals surface area (Å²) in [6, 6.07) is 2.29. The summed E-state index contributed by atoms with van der Waals surface area (Å²) in [5, 5.41) is 19.5. The Hall–Kier alpha value is -0.550. The van der Waals surface area contributed by atoms with E-state index < -0.39 is 5.60 Å². The maximum absolute atomic E-state index is 10.4. The summed E-state index contributed by atoms with van der Waals surface area (Å²) in [5.41, 5.74) is -0.679. The predicted octanol–water partition coefficient (Wildman–Crippen LogP) is 3.01. The first kappa shape index (κ1) is 11.5. The minimum Gasteiger partial charge on any atom is -0.389 e. The molecule has 1 aliphatic carbocycles. The van der Waals surface area contributed by atoms with Crippen molar-refractivity contribution in [2.45, 2.75) is 63.9 Å². The fourth-order valence-corrected chi connectivity index (χ4v) is 2.43. The average molecular weight is 195 g/mol. The number of hydrogen-bond donors (Lipinski definition) is 1. The fourth-order valence-electron chi connectivity index (χ4n) is 2.43. The fraction of sp³-hybridized carbons (Fsp3) is 0.917. The van der Waals surface area contributed by atoms with Gasteiger partial charge in [-0.25, -0.2) is 0 Å². The van der Waals surface area contributed by atoms with Crippen LogP contribution in [-0.4, -0.2) is 10.7 Å². The smallest absolute Gasteiger partial charge is 0.0805 e. The third kappa shape index (κ3) is 2.72. The maximum Gasteiger partial charge on any atom is 0.0805 e. The van der Waals surface area contributed by atoms with Gasteiger partial charge < -0.3 is 5.11 Å². The summed E-state index contributed by atoms with van der Waals surface area (Å²) in [4.78, 5) is 0. The van der Waals surface area contributed by atoms with Crippen LogP contribution in [0.3, 0.4) is 0 Å². The average Bonchev–Trinajstić information content (AvgIpc) is 2.40. The van der Waals surface area contributed by atoms with Crippen LogP contribution in [0.5, 0.6) is 0 Å². The van der Waals surface area contributed by atoms with Crippen LogP contribution in [0.4, 0.5) is 0 Å². The molecule has 1 rings (SSSR count). The molecule has 14 heavy (non-hydrogen) atoms. The first-order chi connectivity index (χ1) is 6.73. The third-order valence-corrected chi connectivity index (χ3v) is 3.35. The summed E-state index contributed by atoms with van der Waals surface area (Å²) in [7, 11) is 0. The molecule has 0 aromatic carbocycles. The van der Waals surface area contributed by atoms with E-state index in [4.69, 9.17) is 5.26 Å². The molecule has 1 saturated carbocycles. The highest BCUT2D eigenvalue weighted by Gasteiger charge is 2.36. The SMILES string of the molecule is CCCC(C#N)C1(O)CCCCCC1. The Morgan fingerprint density at radius 2 is 1.86 bits per heavy atom. The zero-order valence-corrected chi connectivity index (χ0v) is 9.13. The summed E-state index contributed by atoms with van der Waals surface area (Å²) in [5.74, 6) is -0.148. The summed E-state index contributed by atoms with van der Waals surface area (Å²) in [6.07, 6.45) is 8.07. The monoisotopic (exact) mass is 195 g/mol. The molecule has 1 N–H and O–H groups in total. The third-order valence-electron chi connectivity index (χ3n) is 3.35. The Bertz CT molecular complexity index is 199. The highest BCUT2D eigenvalue weighted by atomic mass is 16.3. The van der Waals surface area contributed by atoms with Gasteiger partial charge in [0.25, 0.3) is 0 Å². The normalized spacial score (nSPS) is 23.5. The molecule has 0 bridgehead atoms. The molecule has 0 aromatic rings. The second-order valence-corrected chi connectivity index (χ2v) is 4.49. The highest BCUT2D eigenvalue weighted by Crippen LogP contribution is 2.35. The van der Waals surface area contributed by atoms with E-state index in [0.29, 0.717) is 0 Å². The quantitative estimate of drug-likeness (QED) is 0.703. The Morgan fingerprint density at radius 1 is 1.29 bits per heavy atom. The molecule has 0 saturated heterocycles. The van der Waals surface area contributed by atoms with E-state index in [0.717, 1.165) is 38.5 Å². The van der Waals surface area contributed by atoms with E-state index in [-0.39, 0.29) is 5.92 Å². The Labute approximate surface area is 86.9 Å². The van der Waals surface area contributed by atoms with Crippen LogP contribution >= 0.6 is 0 Å². The minimum absolute atomic E-state index is 0.148. The maximum atomic E-state index is 10.4. The van der Waals surface area contributed by atoms with Crippen LogP contribution < -0.4 is 0 Å². The van der Waals surface area contributed by atoms with Crippen LogP contribution in [0.15, 0.2) is 0 Å². The molecule has 0 aliphatic heterocycles.